The van der Waals surface area contributed by atoms with E-state index in [2.05, 4.69) is 4.74 Å². The first-order valence-electron chi connectivity index (χ1n) is 2.61. The molecule has 0 radical (unpaired) electrons. The highest BCUT2D eigenvalue weighted by Gasteiger charge is 2.34. The molecule has 1 heterocycles. The van der Waals surface area contributed by atoms with Gasteiger partial charge in [0.25, 0.3) is 5.91 Å². The molecule has 50 valence electrons. The predicted octanol–water partition coefficient (Wildman–Crippen LogP) is -0.0165. The van der Waals surface area contributed by atoms with Crippen molar-refractivity contribution in [2.75, 3.05) is 7.05 Å². The van der Waals surface area contributed by atoms with E-state index in [4.69, 9.17) is 0 Å². The molecule has 0 bridgehead atoms. The third-order valence-corrected chi connectivity index (χ3v) is 1.23. The minimum Gasteiger partial charge on any atom is -0.436 e. The zero-order valence-corrected chi connectivity index (χ0v) is 5.25. The summed E-state index contributed by atoms with van der Waals surface area (Å²) in [5, 5.41) is 0. The maximum absolute atomic E-state index is 10.7. The van der Waals surface area contributed by atoms with Crippen molar-refractivity contribution in [2.24, 2.45) is 0 Å². The molecular weight excluding hydrogens is 122 g/mol. The van der Waals surface area contributed by atoms with Crippen LogP contribution in [0, 0.1) is 0 Å². The van der Waals surface area contributed by atoms with E-state index in [1.165, 1.54) is 7.05 Å². The van der Waals surface area contributed by atoms with E-state index < -0.39 is 12.2 Å². The fraction of sp³-hybridized carbons (Fsp3) is 0.600. The molecule has 1 saturated heterocycles. The summed E-state index contributed by atoms with van der Waals surface area (Å²) in [7, 11) is 1.40. The second-order valence-electron chi connectivity index (χ2n) is 1.92. The monoisotopic (exact) mass is 129 g/mol. The normalized spacial score (nSPS) is 26.9. The van der Waals surface area contributed by atoms with Crippen LogP contribution in [0.3, 0.4) is 0 Å². The molecule has 2 amide bonds. The lowest BCUT2D eigenvalue weighted by Crippen LogP contribution is -2.25. The SMILES string of the molecule is CC1OC(=O)N(C)C1=O. The molecule has 1 unspecified atom stereocenters. The Morgan fingerprint density at radius 3 is 2.22 bits per heavy atom. The van der Waals surface area contributed by atoms with Crippen LogP contribution >= 0.6 is 0 Å². The fourth-order valence-corrected chi connectivity index (χ4v) is 0.643. The Balaban J connectivity index is 2.77. The number of likely N-dealkylation sites (N-methyl/N-ethyl adjacent to an activating group) is 1. The zero-order valence-electron chi connectivity index (χ0n) is 5.25. The Labute approximate surface area is 52.4 Å². The number of ether oxygens (including phenoxy) is 1. The van der Waals surface area contributed by atoms with Gasteiger partial charge < -0.3 is 4.74 Å². The van der Waals surface area contributed by atoms with Gasteiger partial charge in [-0.05, 0) is 6.92 Å². The van der Waals surface area contributed by atoms with Crippen molar-refractivity contribution in [3.05, 3.63) is 0 Å². The summed E-state index contributed by atoms with van der Waals surface area (Å²) < 4.78 is 4.52. The van der Waals surface area contributed by atoms with Gasteiger partial charge in [0.2, 0.25) is 0 Å². The largest absolute Gasteiger partial charge is 0.436 e. The van der Waals surface area contributed by atoms with Crippen molar-refractivity contribution in [1.29, 1.82) is 0 Å². The number of amides is 2. The van der Waals surface area contributed by atoms with Gasteiger partial charge in [0.05, 0.1) is 0 Å². The van der Waals surface area contributed by atoms with E-state index >= 15 is 0 Å². The van der Waals surface area contributed by atoms with Crippen molar-refractivity contribution in [2.45, 2.75) is 13.0 Å². The quantitative estimate of drug-likeness (QED) is 0.462. The minimum atomic E-state index is -0.595. The highest BCUT2D eigenvalue weighted by molar-refractivity contribution is 5.99. The van der Waals surface area contributed by atoms with Gasteiger partial charge in [-0.1, -0.05) is 0 Å². The third kappa shape index (κ3) is 0.759. The van der Waals surface area contributed by atoms with Gasteiger partial charge in [0.1, 0.15) is 0 Å². The predicted molar refractivity (Wildman–Crippen MR) is 28.7 cm³/mol. The number of nitrogens with zero attached hydrogens (tertiary/aromatic N) is 1. The highest BCUT2D eigenvalue weighted by Crippen LogP contribution is 2.08. The van der Waals surface area contributed by atoms with Crippen LogP contribution in [-0.2, 0) is 9.53 Å². The molecule has 0 N–H and O–H groups in total. The number of carbonyl (C=O) groups excluding carboxylic acids is 2. The van der Waals surface area contributed by atoms with Gasteiger partial charge in [-0.2, -0.15) is 0 Å². The summed E-state index contributed by atoms with van der Waals surface area (Å²) in [6.07, 6.45) is -1.16. The van der Waals surface area contributed by atoms with Crippen LogP contribution in [0.2, 0.25) is 0 Å². The molecule has 0 aliphatic carbocycles. The Morgan fingerprint density at radius 1 is 1.56 bits per heavy atom. The minimum absolute atomic E-state index is 0.278. The summed E-state index contributed by atoms with van der Waals surface area (Å²) in [6.45, 7) is 1.55. The van der Waals surface area contributed by atoms with Gasteiger partial charge >= 0.3 is 6.09 Å². The second-order valence-corrected chi connectivity index (χ2v) is 1.92. The van der Waals surface area contributed by atoms with Crippen LogP contribution in [-0.4, -0.2) is 30.1 Å². The number of hydrogen-bond acceptors (Lipinski definition) is 3. The van der Waals surface area contributed by atoms with Crippen molar-refractivity contribution in [1.82, 2.24) is 4.90 Å². The molecule has 1 atom stereocenters. The second kappa shape index (κ2) is 1.72. The van der Waals surface area contributed by atoms with E-state index in [1.807, 2.05) is 0 Å². The van der Waals surface area contributed by atoms with Gasteiger partial charge in [0, 0.05) is 7.05 Å². The Kier molecular flexibility index (Phi) is 1.16. The number of carbonyl (C=O) groups is 2. The average Bonchev–Trinajstić information content (AvgIpc) is 1.98. The summed E-state index contributed by atoms with van der Waals surface area (Å²) in [6, 6.07) is 0. The van der Waals surface area contributed by atoms with E-state index in [1.54, 1.807) is 6.92 Å². The Bertz CT molecular complexity index is 166. The number of rotatable bonds is 0. The van der Waals surface area contributed by atoms with Crippen LogP contribution in [0.25, 0.3) is 0 Å². The first-order valence-corrected chi connectivity index (χ1v) is 2.61. The first-order chi connectivity index (χ1) is 4.13. The average molecular weight is 129 g/mol. The Morgan fingerprint density at radius 2 is 2.11 bits per heavy atom. The Hall–Kier alpha value is -1.06. The van der Waals surface area contributed by atoms with E-state index in [0.29, 0.717) is 0 Å². The summed E-state index contributed by atoms with van der Waals surface area (Å²) in [5.41, 5.74) is 0. The number of hydrogen-bond donors (Lipinski definition) is 0. The van der Waals surface area contributed by atoms with E-state index in [9.17, 15) is 9.59 Å². The van der Waals surface area contributed by atoms with E-state index in [0.717, 1.165) is 4.90 Å². The summed E-state index contributed by atoms with van der Waals surface area (Å²) >= 11 is 0. The van der Waals surface area contributed by atoms with Gasteiger partial charge in [0.15, 0.2) is 6.10 Å². The van der Waals surface area contributed by atoms with Crippen molar-refractivity contribution in [3.8, 4) is 0 Å². The third-order valence-electron chi connectivity index (χ3n) is 1.23. The molecule has 0 spiro atoms. The molecule has 1 rings (SSSR count). The van der Waals surface area contributed by atoms with Crippen LogP contribution in [0.15, 0.2) is 0 Å². The van der Waals surface area contributed by atoms with Crippen LogP contribution in [0.5, 0.6) is 0 Å². The lowest BCUT2D eigenvalue weighted by Gasteiger charge is -1.97. The standard InChI is InChI=1S/C5H7NO3/c1-3-4(7)6(2)5(8)9-3/h3H,1-2H3. The zero-order chi connectivity index (χ0) is 7.02. The van der Waals surface area contributed by atoms with E-state index in [-0.39, 0.29) is 5.91 Å². The lowest BCUT2D eigenvalue weighted by molar-refractivity contribution is -0.128. The molecule has 0 aromatic rings. The molecule has 4 nitrogen and oxygen atoms in total. The van der Waals surface area contributed by atoms with Crippen molar-refractivity contribution >= 4 is 12.0 Å². The molecule has 1 fully saturated rings. The number of imide groups is 1. The highest BCUT2D eigenvalue weighted by atomic mass is 16.6. The molecule has 9 heavy (non-hydrogen) atoms. The molecule has 4 heteroatoms. The summed E-state index contributed by atoms with van der Waals surface area (Å²) in [5.74, 6) is -0.278. The molecular formula is C5H7NO3. The molecule has 0 aromatic carbocycles. The molecule has 0 aromatic heterocycles. The topological polar surface area (TPSA) is 46.6 Å². The molecule has 1 aliphatic heterocycles. The van der Waals surface area contributed by atoms with Crippen LogP contribution in [0.4, 0.5) is 4.79 Å². The first kappa shape index (κ1) is 6.07. The van der Waals surface area contributed by atoms with Crippen LogP contribution in [0.1, 0.15) is 6.92 Å². The summed E-state index contributed by atoms with van der Waals surface area (Å²) in [4.78, 5) is 22.1. The van der Waals surface area contributed by atoms with Crippen LogP contribution < -0.4 is 0 Å². The van der Waals surface area contributed by atoms with Crippen molar-refractivity contribution < 1.29 is 14.3 Å². The van der Waals surface area contributed by atoms with Gasteiger partial charge in [-0.15, -0.1) is 0 Å². The maximum atomic E-state index is 10.7. The smallest absolute Gasteiger partial charge is 0.417 e. The molecule has 0 saturated carbocycles. The lowest BCUT2D eigenvalue weighted by atomic mass is 10.4. The van der Waals surface area contributed by atoms with Gasteiger partial charge in [-0.25, -0.2) is 9.69 Å². The van der Waals surface area contributed by atoms with Crippen molar-refractivity contribution in [3.63, 3.8) is 0 Å². The van der Waals surface area contributed by atoms with Gasteiger partial charge in [-0.3, -0.25) is 4.79 Å². The number of cyclic esters (lactones) is 1. The fourth-order valence-electron chi connectivity index (χ4n) is 0.643. The maximum Gasteiger partial charge on any atom is 0.417 e. The molecule has 1 aliphatic rings.